The molecule has 1 aliphatic heterocycles. The summed E-state index contributed by atoms with van der Waals surface area (Å²) in [6.45, 7) is 0.513. The van der Waals surface area contributed by atoms with Gasteiger partial charge in [-0.05, 0) is 30.3 Å². The van der Waals surface area contributed by atoms with Gasteiger partial charge in [-0.25, -0.2) is 13.2 Å². The van der Waals surface area contributed by atoms with Crippen molar-refractivity contribution in [3.63, 3.8) is 0 Å². The third-order valence-electron chi connectivity index (χ3n) is 4.17. The normalized spacial score (nSPS) is 15.1. The summed E-state index contributed by atoms with van der Waals surface area (Å²) in [5.41, 5.74) is -0.00496. The van der Waals surface area contributed by atoms with Crippen LogP contribution >= 0.6 is 22.9 Å². The smallest absolute Gasteiger partial charge is 0.338 e. The fraction of sp³-hybridized carbons (Fsp3) is 0.333. The fourth-order valence-electron chi connectivity index (χ4n) is 2.68. The summed E-state index contributed by atoms with van der Waals surface area (Å²) in [6, 6.07) is 7.08. The predicted octanol–water partition coefficient (Wildman–Crippen LogP) is 2.47. The van der Waals surface area contributed by atoms with Crippen LogP contribution in [0.5, 0.6) is 5.75 Å². The first-order valence-electron chi connectivity index (χ1n) is 8.54. The van der Waals surface area contributed by atoms with Gasteiger partial charge in [0, 0.05) is 13.1 Å². The van der Waals surface area contributed by atoms with Crippen molar-refractivity contribution >= 4 is 44.7 Å². The molecule has 156 valence electrons. The molecular weight excluding hydrogens is 442 g/mol. The van der Waals surface area contributed by atoms with Crippen molar-refractivity contribution in [3.8, 4) is 5.75 Å². The van der Waals surface area contributed by atoms with E-state index in [2.05, 4.69) is 0 Å². The molecule has 0 radical (unpaired) electrons. The Morgan fingerprint density at radius 2 is 1.93 bits per heavy atom. The van der Waals surface area contributed by atoms with Gasteiger partial charge in [-0.15, -0.1) is 11.3 Å². The van der Waals surface area contributed by atoms with Crippen molar-refractivity contribution in [2.24, 2.45) is 0 Å². The number of rotatable bonds is 7. The molecule has 0 spiro atoms. The number of ketones is 1. The summed E-state index contributed by atoms with van der Waals surface area (Å²) in [4.78, 5) is 24.7. The lowest BCUT2D eigenvalue weighted by Gasteiger charge is -2.26. The number of morpholine rings is 1. The van der Waals surface area contributed by atoms with Crippen molar-refractivity contribution in [1.29, 1.82) is 0 Å². The number of thiophene rings is 1. The number of sulfonamides is 1. The molecule has 8 nitrogen and oxygen atoms in total. The van der Waals surface area contributed by atoms with Crippen LogP contribution in [0.3, 0.4) is 0 Å². The van der Waals surface area contributed by atoms with Gasteiger partial charge in [-0.1, -0.05) is 11.6 Å². The van der Waals surface area contributed by atoms with Crippen molar-refractivity contribution in [3.05, 3.63) is 45.1 Å². The Bertz CT molecular complexity index is 1010. The number of halogens is 1. The largest absolute Gasteiger partial charge is 0.495 e. The van der Waals surface area contributed by atoms with Gasteiger partial charge in [0.2, 0.25) is 15.8 Å². The van der Waals surface area contributed by atoms with E-state index in [1.807, 2.05) is 0 Å². The molecule has 0 N–H and O–H groups in total. The summed E-state index contributed by atoms with van der Waals surface area (Å²) in [5.74, 6) is -1.11. The number of nitrogens with zero attached hydrogens (tertiary/aromatic N) is 1. The van der Waals surface area contributed by atoms with Gasteiger partial charge in [0.25, 0.3) is 0 Å². The first-order valence-corrected chi connectivity index (χ1v) is 11.2. The maximum Gasteiger partial charge on any atom is 0.338 e. The summed E-state index contributed by atoms with van der Waals surface area (Å²) in [7, 11) is -2.55. The van der Waals surface area contributed by atoms with Crippen molar-refractivity contribution < 1.29 is 32.2 Å². The maximum absolute atomic E-state index is 13.0. The summed E-state index contributed by atoms with van der Waals surface area (Å²) in [6.07, 6.45) is 0. The third-order valence-corrected chi connectivity index (χ3v) is 7.36. The monoisotopic (exact) mass is 459 g/mol. The van der Waals surface area contributed by atoms with Gasteiger partial charge in [0.05, 0.1) is 35.1 Å². The van der Waals surface area contributed by atoms with Crippen molar-refractivity contribution in [2.45, 2.75) is 4.90 Å². The van der Waals surface area contributed by atoms with Gasteiger partial charge < -0.3 is 14.2 Å². The SMILES string of the molecule is COc1ccc(C(=O)OCC(=O)c2ccc(Cl)s2)cc1S(=O)(=O)N1CCOCC1. The summed E-state index contributed by atoms with van der Waals surface area (Å²) >= 11 is 6.88. The Morgan fingerprint density at radius 3 is 2.55 bits per heavy atom. The highest BCUT2D eigenvalue weighted by Gasteiger charge is 2.30. The van der Waals surface area contributed by atoms with Crippen LogP contribution in [0.4, 0.5) is 0 Å². The Morgan fingerprint density at radius 1 is 1.21 bits per heavy atom. The van der Waals surface area contributed by atoms with Gasteiger partial charge in [0.15, 0.2) is 6.61 Å². The van der Waals surface area contributed by atoms with Crippen LogP contribution in [0.15, 0.2) is 35.2 Å². The highest BCUT2D eigenvalue weighted by atomic mass is 35.5. The number of Topliss-reactive ketones (excluding diaryl/α,β-unsaturated/α-hetero) is 1. The standard InChI is InChI=1S/C18H18ClNO7S2/c1-25-14-3-2-12(10-16(14)29(23,24)20-6-8-26-9-7-20)18(22)27-11-13(21)15-4-5-17(19)28-15/h2-5,10H,6-9,11H2,1H3. The van der Waals surface area contributed by atoms with E-state index in [0.717, 1.165) is 11.3 Å². The van der Waals surface area contributed by atoms with E-state index in [4.69, 9.17) is 25.8 Å². The van der Waals surface area contributed by atoms with E-state index in [0.29, 0.717) is 9.21 Å². The number of carbonyl (C=O) groups excluding carboxylic acids is 2. The molecule has 0 atom stereocenters. The molecule has 11 heteroatoms. The zero-order valence-electron chi connectivity index (χ0n) is 15.4. The quantitative estimate of drug-likeness (QED) is 0.463. The lowest BCUT2D eigenvalue weighted by Crippen LogP contribution is -2.40. The minimum absolute atomic E-state index is 0.00496. The van der Waals surface area contributed by atoms with Gasteiger partial charge >= 0.3 is 5.97 Å². The molecule has 2 aromatic rings. The summed E-state index contributed by atoms with van der Waals surface area (Å²) < 4.78 is 43.1. The zero-order valence-corrected chi connectivity index (χ0v) is 17.8. The van der Waals surface area contributed by atoms with Gasteiger partial charge in [-0.3, -0.25) is 4.79 Å². The molecule has 3 rings (SSSR count). The maximum atomic E-state index is 13.0. The second-order valence-electron chi connectivity index (χ2n) is 5.99. The molecule has 1 fully saturated rings. The minimum atomic E-state index is -3.89. The fourth-order valence-corrected chi connectivity index (χ4v) is 5.24. The lowest BCUT2D eigenvalue weighted by atomic mass is 10.2. The van der Waals surface area contributed by atoms with E-state index < -0.39 is 28.4 Å². The molecule has 0 amide bonds. The van der Waals surface area contributed by atoms with Crippen molar-refractivity contribution in [1.82, 2.24) is 4.31 Å². The second kappa shape index (κ2) is 9.23. The molecule has 0 bridgehead atoms. The highest BCUT2D eigenvalue weighted by Crippen LogP contribution is 2.29. The number of hydrogen-bond acceptors (Lipinski definition) is 8. The average molecular weight is 460 g/mol. The number of benzene rings is 1. The van der Waals surface area contributed by atoms with E-state index in [-0.39, 0.29) is 42.5 Å². The molecule has 0 saturated carbocycles. The molecule has 0 aliphatic carbocycles. The number of hydrogen-bond donors (Lipinski definition) is 0. The third kappa shape index (κ3) is 4.96. The van der Waals surface area contributed by atoms with Crippen LogP contribution in [0, 0.1) is 0 Å². The van der Waals surface area contributed by atoms with E-state index in [9.17, 15) is 18.0 Å². The summed E-state index contributed by atoms with van der Waals surface area (Å²) in [5, 5.41) is 0. The Labute approximate surface area is 177 Å². The van der Waals surface area contributed by atoms with Crippen LogP contribution in [-0.2, 0) is 19.5 Å². The number of esters is 1. The molecule has 29 heavy (non-hydrogen) atoms. The van der Waals surface area contributed by atoms with Crippen LogP contribution in [0.25, 0.3) is 0 Å². The average Bonchev–Trinajstić information content (AvgIpc) is 3.18. The number of carbonyl (C=O) groups is 2. The van der Waals surface area contributed by atoms with Crippen LogP contribution in [0.2, 0.25) is 4.34 Å². The lowest BCUT2D eigenvalue weighted by molar-refractivity contribution is 0.0475. The predicted molar refractivity (Wildman–Crippen MR) is 107 cm³/mol. The molecule has 1 aliphatic rings. The highest BCUT2D eigenvalue weighted by molar-refractivity contribution is 7.89. The second-order valence-corrected chi connectivity index (χ2v) is 9.61. The number of ether oxygens (including phenoxy) is 3. The number of methoxy groups -OCH3 is 1. The molecule has 1 aromatic heterocycles. The first-order chi connectivity index (χ1) is 13.8. The minimum Gasteiger partial charge on any atom is -0.495 e. The zero-order chi connectivity index (χ0) is 21.0. The van der Waals surface area contributed by atoms with Crippen LogP contribution < -0.4 is 4.74 Å². The van der Waals surface area contributed by atoms with Gasteiger partial charge in [-0.2, -0.15) is 4.31 Å². The first kappa shape index (κ1) is 21.7. The van der Waals surface area contributed by atoms with Crippen molar-refractivity contribution in [2.75, 3.05) is 40.0 Å². The van der Waals surface area contributed by atoms with E-state index in [1.165, 1.54) is 29.6 Å². The topological polar surface area (TPSA) is 99.2 Å². The van der Waals surface area contributed by atoms with E-state index in [1.54, 1.807) is 12.1 Å². The van der Waals surface area contributed by atoms with Crippen LogP contribution in [0.1, 0.15) is 20.0 Å². The van der Waals surface area contributed by atoms with Crippen LogP contribution in [-0.4, -0.2) is 64.5 Å². The molecular formula is C18H18ClNO7S2. The Balaban J connectivity index is 1.78. The molecule has 0 unspecified atom stereocenters. The van der Waals surface area contributed by atoms with Gasteiger partial charge in [0.1, 0.15) is 10.6 Å². The molecule has 1 aromatic carbocycles. The molecule has 1 saturated heterocycles. The Hall–Kier alpha value is -1.98. The van der Waals surface area contributed by atoms with E-state index >= 15 is 0 Å². The molecule has 2 heterocycles. The Kier molecular flexibility index (Phi) is 6.91.